The Hall–Kier alpha value is -0.120. The Morgan fingerprint density at radius 3 is 1.95 bits per heavy atom. The first-order valence-electron chi connectivity index (χ1n) is 8.58. The molecular formula is C17H35NO2. The van der Waals surface area contributed by atoms with Gasteiger partial charge in [0.1, 0.15) is 0 Å². The Balaban J connectivity index is 2.73. The molecule has 1 saturated carbocycles. The lowest BCUT2D eigenvalue weighted by Crippen LogP contribution is -2.50. The Labute approximate surface area is 125 Å². The van der Waals surface area contributed by atoms with Crippen molar-refractivity contribution in [3.05, 3.63) is 0 Å². The van der Waals surface area contributed by atoms with Crippen LogP contribution in [-0.4, -0.2) is 32.1 Å². The molecule has 0 radical (unpaired) electrons. The molecule has 0 heterocycles. The summed E-state index contributed by atoms with van der Waals surface area (Å²) >= 11 is 0. The van der Waals surface area contributed by atoms with Gasteiger partial charge in [-0.1, -0.05) is 20.8 Å². The van der Waals surface area contributed by atoms with E-state index in [0.717, 1.165) is 24.8 Å². The lowest BCUT2D eigenvalue weighted by atomic mass is 9.73. The zero-order valence-electron chi connectivity index (χ0n) is 14.2. The summed E-state index contributed by atoms with van der Waals surface area (Å²) in [6, 6.07) is 0.333. The molecule has 0 spiro atoms. The van der Waals surface area contributed by atoms with Crippen LogP contribution in [0.1, 0.15) is 60.3 Å². The largest absolute Gasteiger partial charge is 0.351 e. The van der Waals surface area contributed by atoms with Crippen LogP contribution in [-0.2, 0) is 9.47 Å². The van der Waals surface area contributed by atoms with Gasteiger partial charge in [0.25, 0.3) is 0 Å². The first-order valence-corrected chi connectivity index (χ1v) is 8.58. The van der Waals surface area contributed by atoms with Crippen molar-refractivity contribution in [1.29, 1.82) is 0 Å². The zero-order valence-corrected chi connectivity index (χ0v) is 14.2. The van der Waals surface area contributed by atoms with Crippen LogP contribution in [0.25, 0.3) is 0 Å². The molecule has 20 heavy (non-hydrogen) atoms. The van der Waals surface area contributed by atoms with Gasteiger partial charge in [0.05, 0.1) is 6.04 Å². The number of hydrogen-bond acceptors (Lipinski definition) is 3. The highest BCUT2D eigenvalue weighted by Crippen LogP contribution is 2.36. The molecule has 0 amide bonds. The second-order valence-electron chi connectivity index (χ2n) is 6.44. The van der Waals surface area contributed by atoms with E-state index in [1.165, 1.54) is 19.3 Å². The van der Waals surface area contributed by atoms with Crippen LogP contribution in [0.5, 0.6) is 0 Å². The van der Waals surface area contributed by atoms with Crippen molar-refractivity contribution in [3.8, 4) is 0 Å². The van der Waals surface area contributed by atoms with Gasteiger partial charge in [-0.2, -0.15) is 0 Å². The summed E-state index contributed by atoms with van der Waals surface area (Å²) in [6.07, 6.45) is 5.01. The molecule has 3 heteroatoms. The fourth-order valence-electron chi connectivity index (χ4n) is 3.68. The van der Waals surface area contributed by atoms with Crippen molar-refractivity contribution in [1.82, 2.24) is 5.32 Å². The van der Waals surface area contributed by atoms with Crippen molar-refractivity contribution in [2.45, 2.75) is 72.6 Å². The Morgan fingerprint density at radius 1 is 0.950 bits per heavy atom. The predicted octanol–water partition coefficient (Wildman–Crippen LogP) is 3.83. The van der Waals surface area contributed by atoms with E-state index < -0.39 is 0 Å². The quantitative estimate of drug-likeness (QED) is 0.653. The molecule has 0 bridgehead atoms. The summed E-state index contributed by atoms with van der Waals surface area (Å²) in [5.41, 5.74) is 0. The van der Waals surface area contributed by atoms with Gasteiger partial charge in [-0.05, 0) is 63.8 Å². The molecule has 1 aliphatic carbocycles. The van der Waals surface area contributed by atoms with Crippen LogP contribution in [0.3, 0.4) is 0 Å². The van der Waals surface area contributed by atoms with Crippen LogP contribution in [0, 0.1) is 17.8 Å². The average molecular weight is 285 g/mol. The first-order chi connectivity index (χ1) is 9.62. The maximum Gasteiger partial charge on any atom is 0.172 e. The Morgan fingerprint density at radius 2 is 1.50 bits per heavy atom. The second-order valence-corrected chi connectivity index (χ2v) is 6.44. The molecule has 1 fully saturated rings. The topological polar surface area (TPSA) is 30.5 Å². The van der Waals surface area contributed by atoms with Gasteiger partial charge < -0.3 is 14.8 Å². The molecule has 120 valence electrons. The number of nitrogens with one attached hydrogen (secondary N) is 1. The van der Waals surface area contributed by atoms with E-state index in [4.69, 9.17) is 9.47 Å². The third-order valence-electron chi connectivity index (χ3n) is 4.31. The molecule has 3 unspecified atom stereocenters. The second kappa shape index (κ2) is 9.75. The molecule has 1 aliphatic rings. The van der Waals surface area contributed by atoms with Crippen molar-refractivity contribution < 1.29 is 9.47 Å². The van der Waals surface area contributed by atoms with Gasteiger partial charge in [-0.15, -0.1) is 0 Å². The van der Waals surface area contributed by atoms with Crippen LogP contribution in [0.2, 0.25) is 0 Å². The fraction of sp³-hybridized carbons (Fsp3) is 1.00. The third kappa shape index (κ3) is 5.71. The van der Waals surface area contributed by atoms with E-state index in [0.29, 0.717) is 25.2 Å². The van der Waals surface area contributed by atoms with Crippen LogP contribution < -0.4 is 5.32 Å². The summed E-state index contributed by atoms with van der Waals surface area (Å²) in [5, 5.41) is 3.70. The van der Waals surface area contributed by atoms with Gasteiger partial charge in [0.2, 0.25) is 0 Å². The van der Waals surface area contributed by atoms with Crippen molar-refractivity contribution in [2.24, 2.45) is 17.8 Å². The molecule has 3 nitrogen and oxygen atoms in total. The van der Waals surface area contributed by atoms with E-state index in [9.17, 15) is 0 Å². The Kier molecular flexibility index (Phi) is 8.74. The normalized spacial score (nSPS) is 28.8. The molecule has 0 aromatic heterocycles. The fourth-order valence-corrected chi connectivity index (χ4v) is 3.68. The van der Waals surface area contributed by atoms with E-state index in [2.05, 4.69) is 39.9 Å². The van der Waals surface area contributed by atoms with Crippen molar-refractivity contribution in [3.63, 3.8) is 0 Å². The smallest absolute Gasteiger partial charge is 0.172 e. The molecule has 1 rings (SSSR count). The highest BCUT2D eigenvalue weighted by Gasteiger charge is 2.35. The minimum Gasteiger partial charge on any atom is -0.351 e. The minimum absolute atomic E-state index is 0.0981. The van der Waals surface area contributed by atoms with Gasteiger partial charge >= 0.3 is 0 Å². The van der Waals surface area contributed by atoms with Gasteiger partial charge in [0, 0.05) is 13.2 Å². The monoisotopic (exact) mass is 285 g/mol. The molecule has 0 aromatic rings. The van der Waals surface area contributed by atoms with E-state index in [1.807, 2.05) is 0 Å². The Bertz CT molecular complexity index is 231. The average Bonchev–Trinajstić information content (AvgIpc) is 2.38. The molecular weight excluding hydrogens is 250 g/mol. The highest BCUT2D eigenvalue weighted by atomic mass is 16.7. The lowest BCUT2D eigenvalue weighted by Gasteiger charge is -2.40. The molecule has 1 N–H and O–H groups in total. The van der Waals surface area contributed by atoms with Crippen LogP contribution in [0.4, 0.5) is 0 Å². The van der Waals surface area contributed by atoms with Crippen LogP contribution >= 0.6 is 0 Å². The van der Waals surface area contributed by atoms with E-state index in [-0.39, 0.29) is 6.29 Å². The van der Waals surface area contributed by atoms with Gasteiger partial charge in [0.15, 0.2) is 6.29 Å². The summed E-state index contributed by atoms with van der Waals surface area (Å²) in [6.45, 7) is 13.6. The predicted molar refractivity (Wildman–Crippen MR) is 84.8 cm³/mol. The van der Waals surface area contributed by atoms with Crippen molar-refractivity contribution in [2.75, 3.05) is 19.8 Å². The molecule has 3 atom stereocenters. The lowest BCUT2D eigenvalue weighted by molar-refractivity contribution is -0.166. The standard InChI is InChI=1S/C17H35NO2/c1-6-9-18-16(17(19-7-2)20-8-3)15-11-13(4)10-14(5)12-15/h13-18H,6-12H2,1-5H3. The molecule has 0 aromatic carbocycles. The number of rotatable bonds is 9. The van der Waals surface area contributed by atoms with E-state index in [1.54, 1.807) is 0 Å². The SMILES string of the molecule is CCCNC(C1CC(C)CC(C)C1)C(OCC)OCC. The molecule has 0 aliphatic heterocycles. The van der Waals surface area contributed by atoms with Crippen LogP contribution in [0.15, 0.2) is 0 Å². The van der Waals surface area contributed by atoms with E-state index >= 15 is 0 Å². The summed E-state index contributed by atoms with van der Waals surface area (Å²) < 4.78 is 11.8. The maximum absolute atomic E-state index is 5.88. The first kappa shape index (κ1) is 17.9. The van der Waals surface area contributed by atoms with Crippen molar-refractivity contribution >= 4 is 0 Å². The minimum atomic E-state index is -0.0981. The zero-order chi connectivity index (χ0) is 15.0. The summed E-state index contributed by atoms with van der Waals surface area (Å²) in [5.74, 6) is 2.31. The summed E-state index contributed by atoms with van der Waals surface area (Å²) in [4.78, 5) is 0. The van der Waals surface area contributed by atoms with Gasteiger partial charge in [-0.3, -0.25) is 0 Å². The molecule has 0 saturated heterocycles. The number of hydrogen-bond donors (Lipinski definition) is 1. The summed E-state index contributed by atoms with van der Waals surface area (Å²) in [7, 11) is 0. The third-order valence-corrected chi connectivity index (χ3v) is 4.31. The number of ether oxygens (including phenoxy) is 2. The van der Waals surface area contributed by atoms with Gasteiger partial charge in [-0.25, -0.2) is 0 Å². The highest BCUT2D eigenvalue weighted by molar-refractivity contribution is 4.86. The maximum atomic E-state index is 5.88.